The molecule has 0 saturated carbocycles. The number of anilines is 1. The number of ether oxygens (including phenoxy) is 1. The van der Waals surface area contributed by atoms with Crippen molar-refractivity contribution in [3.63, 3.8) is 0 Å². The molecule has 4 heterocycles. The van der Waals surface area contributed by atoms with Crippen LogP contribution >= 0.6 is 0 Å². The maximum Gasteiger partial charge on any atom is 0.220 e. The summed E-state index contributed by atoms with van der Waals surface area (Å²) in [6.45, 7) is 0. The third-order valence-corrected chi connectivity index (χ3v) is 3.78. The largest absolute Gasteiger partial charge is 0.481 e. The first-order valence-corrected chi connectivity index (χ1v) is 7.31. The number of methoxy groups -OCH3 is 1. The Morgan fingerprint density at radius 2 is 1.88 bits per heavy atom. The van der Waals surface area contributed by atoms with Gasteiger partial charge in [0.25, 0.3) is 0 Å². The Hall–Kier alpha value is -3.48. The fourth-order valence-electron chi connectivity index (χ4n) is 2.68. The van der Waals surface area contributed by atoms with E-state index in [0.717, 1.165) is 33.4 Å². The molecular formula is C17H14N6O. The Morgan fingerprint density at radius 3 is 2.62 bits per heavy atom. The standard InChI is InChI=1S/C17H14N6O/c1-24-14-3-2-10(8-21-14)11-4-6-19-16-15(11)12(9-22-16)13-5-7-20-17(18)23-13/h2-9H,1H3,(H,19,22)(H2,18,20,23). The van der Waals surface area contributed by atoms with Gasteiger partial charge in [-0.1, -0.05) is 0 Å². The van der Waals surface area contributed by atoms with Crippen molar-refractivity contribution in [1.82, 2.24) is 24.9 Å². The van der Waals surface area contributed by atoms with Crippen molar-refractivity contribution in [2.45, 2.75) is 0 Å². The lowest BCUT2D eigenvalue weighted by Gasteiger charge is -2.07. The molecule has 118 valence electrons. The molecule has 0 spiro atoms. The molecule has 7 heteroatoms. The van der Waals surface area contributed by atoms with Crippen molar-refractivity contribution in [1.29, 1.82) is 0 Å². The van der Waals surface area contributed by atoms with Crippen LogP contribution in [-0.2, 0) is 0 Å². The molecule has 0 fully saturated rings. The van der Waals surface area contributed by atoms with Crippen molar-refractivity contribution < 1.29 is 4.74 Å². The van der Waals surface area contributed by atoms with Gasteiger partial charge in [-0.2, -0.15) is 0 Å². The molecule has 0 bridgehead atoms. The number of fused-ring (bicyclic) bond motifs is 1. The van der Waals surface area contributed by atoms with Crippen LogP contribution in [0.2, 0.25) is 0 Å². The van der Waals surface area contributed by atoms with Gasteiger partial charge in [0.2, 0.25) is 11.8 Å². The molecule has 0 unspecified atom stereocenters. The number of hydrogen-bond acceptors (Lipinski definition) is 6. The molecule has 4 aromatic heterocycles. The van der Waals surface area contributed by atoms with E-state index in [9.17, 15) is 0 Å². The summed E-state index contributed by atoms with van der Waals surface area (Å²) in [6.07, 6.45) is 7.05. The monoisotopic (exact) mass is 318 g/mol. The van der Waals surface area contributed by atoms with E-state index in [1.807, 2.05) is 30.5 Å². The maximum absolute atomic E-state index is 5.72. The van der Waals surface area contributed by atoms with Gasteiger partial charge in [0.15, 0.2) is 0 Å². The minimum absolute atomic E-state index is 0.235. The quantitative estimate of drug-likeness (QED) is 0.602. The summed E-state index contributed by atoms with van der Waals surface area (Å²) in [5.41, 5.74) is 10.1. The lowest BCUT2D eigenvalue weighted by atomic mass is 10.0. The number of rotatable bonds is 3. The van der Waals surface area contributed by atoms with Crippen molar-refractivity contribution >= 4 is 17.0 Å². The van der Waals surface area contributed by atoms with E-state index in [1.54, 1.807) is 25.7 Å². The zero-order valence-corrected chi connectivity index (χ0v) is 12.9. The number of nitrogens with one attached hydrogen (secondary N) is 1. The van der Waals surface area contributed by atoms with Crippen LogP contribution in [0.5, 0.6) is 5.88 Å². The highest BCUT2D eigenvalue weighted by molar-refractivity contribution is 6.03. The Bertz CT molecular complexity index is 1010. The number of pyridine rings is 2. The van der Waals surface area contributed by atoms with Crippen molar-refractivity contribution in [3.05, 3.63) is 49.1 Å². The first kappa shape index (κ1) is 14.1. The van der Waals surface area contributed by atoms with Gasteiger partial charge in [0.1, 0.15) is 5.65 Å². The number of nitrogens with zero attached hydrogens (tertiary/aromatic N) is 4. The summed E-state index contributed by atoms with van der Waals surface area (Å²) in [7, 11) is 1.59. The van der Waals surface area contributed by atoms with E-state index in [-0.39, 0.29) is 5.95 Å². The van der Waals surface area contributed by atoms with E-state index < -0.39 is 0 Å². The molecule has 3 N–H and O–H groups in total. The number of nitrogens with two attached hydrogens (primary N) is 1. The highest BCUT2D eigenvalue weighted by Gasteiger charge is 2.14. The van der Waals surface area contributed by atoms with Crippen molar-refractivity contribution in [2.24, 2.45) is 0 Å². The summed E-state index contributed by atoms with van der Waals surface area (Å²) in [4.78, 5) is 20.1. The molecule has 24 heavy (non-hydrogen) atoms. The Balaban J connectivity index is 1.94. The third-order valence-electron chi connectivity index (χ3n) is 3.78. The van der Waals surface area contributed by atoms with Crippen LogP contribution < -0.4 is 10.5 Å². The van der Waals surface area contributed by atoms with Crippen LogP contribution in [-0.4, -0.2) is 32.0 Å². The minimum atomic E-state index is 0.235. The fourth-order valence-corrected chi connectivity index (χ4v) is 2.68. The third kappa shape index (κ3) is 2.32. The molecule has 4 aromatic rings. The summed E-state index contributed by atoms with van der Waals surface area (Å²) in [5.74, 6) is 0.806. The van der Waals surface area contributed by atoms with Crippen molar-refractivity contribution in [3.8, 4) is 28.3 Å². The van der Waals surface area contributed by atoms with Gasteiger partial charge in [-0.25, -0.2) is 19.9 Å². The average molecular weight is 318 g/mol. The van der Waals surface area contributed by atoms with E-state index in [1.165, 1.54) is 0 Å². The molecule has 7 nitrogen and oxygen atoms in total. The van der Waals surface area contributed by atoms with Gasteiger partial charge >= 0.3 is 0 Å². The van der Waals surface area contributed by atoms with Gasteiger partial charge in [-0.05, 0) is 23.8 Å². The normalized spacial score (nSPS) is 10.9. The minimum Gasteiger partial charge on any atom is -0.481 e. The number of H-pyrrole nitrogens is 1. The Labute approximate surface area is 137 Å². The molecule has 4 rings (SSSR count). The predicted octanol–water partition coefficient (Wildman–Crippen LogP) is 2.67. The first-order chi connectivity index (χ1) is 11.8. The predicted molar refractivity (Wildman–Crippen MR) is 91.3 cm³/mol. The molecule has 0 amide bonds. The summed E-state index contributed by atoms with van der Waals surface area (Å²) in [6, 6.07) is 7.57. The first-order valence-electron chi connectivity index (χ1n) is 7.31. The van der Waals surface area contributed by atoms with Gasteiger partial charge in [-0.3, -0.25) is 0 Å². The second-order valence-electron chi connectivity index (χ2n) is 5.17. The van der Waals surface area contributed by atoms with Crippen LogP contribution in [0.4, 0.5) is 5.95 Å². The highest BCUT2D eigenvalue weighted by atomic mass is 16.5. The number of nitrogen functional groups attached to an aromatic ring is 1. The summed E-state index contributed by atoms with van der Waals surface area (Å²) in [5, 5.41) is 0.961. The van der Waals surface area contributed by atoms with Crippen LogP contribution in [0.25, 0.3) is 33.4 Å². The molecule has 0 aliphatic rings. The fraction of sp³-hybridized carbons (Fsp3) is 0.0588. The zero-order valence-electron chi connectivity index (χ0n) is 12.9. The van der Waals surface area contributed by atoms with E-state index >= 15 is 0 Å². The molecule has 0 saturated heterocycles. The Morgan fingerprint density at radius 1 is 1.00 bits per heavy atom. The zero-order chi connectivity index (χ0) is 16.5. The second kappa shape index (κ2) is 5.62. The SMILES string of the molecule is COc1ccc(-c2ccnc3[nH]cc(-c4ccnc(N)n4)c23)cn1. The topological polar surface area (TPSA) is 103 Å². The van der Waals surface area contributed by atoms with E-state index in [0.29, 0.717) is 5.88 Å². The van der Waals surface area contributed by atoms with Gasteiger partial charge in [0, 0.05) is 47.4 Å². The molecule has 0 aliphatic heterocycles. The molecule has 0 radical (unpaired) electrons. The molecule has 0 aromatic carbocycles. The molecule has 0 atom stereocenters. The van der Waals surface area contributed by atoms with Crippen LogP contribution in [0.3, 0.4) is 0 Å². The number of aromatic amines is 1. The molecule has 0 aliphatic carbocycles. The summed E-state index contributed by atoms with van der Waals surface area (Å²) < 4.78 is 5.12. The van der Waals surface area contributed by atoms with Crippen LogP contribution in [0.1, 0.15) is 0 Å². The smallest absolute Gasteiger partial charge is 0.220 e. The maximum atomic E-state index is 5.72. The van der Waals surface area contributed by atoms with Crippen LogP contribution in [0, 0.1) is 0 Å². The summed E-state index contributed by atoms with van der Waals surface area (Å²) >= 11 is 0. The Kier molecular flexibility index (Phi) is 3.31. The second-order valence-corrected chi connectivity index (χ2v) is 5.17. The average Bonchev–Trinajstić information content (AvgIpc) is 3.06. The van der Waals surface area contributed by atoms with E-state index in [2.05, 4.69) is 24.9 Å². The molecular weight excluding hydrogens is 304 g/mol. The van der Waals surface area contributed by atoms with Crippen molar-refractivity contribution in [2.75, 3.05) is 12.8 Å². The van der Waals surface area contributed by atoms with E-state index in [4.69, 9.17) is 10.5 Å². The van der Waals surface area contributed by atoms with Crippen LogP contribution in [0.15, 0.2) is 49.1 Å². The lowest BCUT2D eigenvalue weighted by Crippen LogP contribution is -1.95. The number of aromatic nitrogens is 5. The van der Waals surface area contributed by atoms with Gasteiger partial charge in [-0.15, -0.1) is 0 Å². The highest BCUT2D eigenvalue weighted by Crippen LogP contribution is 2.34. The lowest BCUT2D eigenvalue weighted by molar-refractivity contribution is 0.398. The van der Waals surface area contributed by atoms with Gasteiger partial charge < -0.3 is 15.5 Å². The van der Waals surface area contributed by atoms with Gasteiger partial charge in [0.05, 0.1) is 12.8 Å². The number of hydrogen-bond donors (Lipinski definition) is 2.